The summed E-state index contributed by atoms with van der Waals surface area (Å²) in [6.45, 7) is 0.294. The van der Waals surface area contributed by atoms with Gasteiger partial charge in [0, 0.05) is 57.4 Å². The Kier molecular flexibility index (Phi) is 8.53. The maximum absolute atomic E-state index is 13.1. The molecule has 0 fully saturated rings. The summed E-state index contributed by atoms with van der Waals surface area (Å²) in [6, 6.07) is 12.9. The molecule has 0 spiro atoms. The average molecular weight is 542 g/mol. The highest BCUT2D eigenvalue weighted by molar-refractivity contribution is 6.35. The number of benzene rings is 2. The van der Waals surface area contributed by atoms with Gasteiger partial charge in [-0.25, -0.2) is 4.79 Å². The van der Waals surface area contributed by atoms with Crippen molar-refractivity contribution in [2.45, 2.75) is 18.9 Å². The molecular formula is C27H25Cl2N3O5. The molecule has 2 heterocycles. The van der Waals surface area contributed by atoms with Crippen LogP contribution in [-0.2, 0) is 22.4 Å². The van der Waals surface area contributed by atoms with E-state index in [1.165, 1.54) is 14.2 Å². The Morgan fingerprint density at radius 1 is 1.05 bits per heavy atom. The van der Waals surface area contributed by atoms with Crippen LogP contribution in [0.2, 0.25) is 10.0 Å². The summed E-state index contributed by atoms with van der Waals surface area (Å²) in [5, 5.41) is 4.78. The smallest absolute Gasteiger partial charge is 0.328 e. The molecule has 1 amide bonds. The first-order valence-corrected chi connectivity index (χ1v) is 12.2. The minimum Gasteiger partial charge on any atom is -0.493 e. The van der Waals surface area contributed by atoms with Crippen LogP contribution in [0.1, 0.15) is 21.6 Å². The van der Waals surface area contributed by atoms with Crippen LogP contribution < -0.4 is 14.8 Å². The molecule has 0 radical (unpaired) electrons. The van der Waals surface area contributed by atoms with Crippen LogP contribution in [0.25, 0.3) is 10.9 Å². The number of ether oxygens (including phenoxy) is 3. The number of pyridine rings is 1. The normalized spacial score (nSPS) is 11.7. The molecule has 4 aromatic rings. The molecule has 8 nitrogen and oxygen atoms in total. The van der Waals surface area contributed by atoms with E-state index < -0.39 is 17.9 Å². The second kappa shape index (κ2) is 12.0. The van der Waals surface area contributed by atoms with Crippen molar-refractivity contribution in [3.05, 3.63) is 87.8 Å². The number of aromatic nitrogens is 2. The topological polar surface area (TPSA) is 103 Å². The van der Waals surface area contributed by atoms with E-state index in [0.29, 0.717) is 40.1 Å². The van der Waals surface area contributed by atoms with Crippen LogP contribution in [-0.4, -0.2) is 48.7 Å². The molecule has 192 valence electrons. The number of aromatic amines is 1. The summed E-state index contributed by atoms with van der Waals surface area (Å²) >= 11 is 12.2. The van der Waals surface area contributed by atoms with Gasteiger partial charge >= 0.3 is 5.97 Å². The third-order valence-electron chi connectivity index (χ3n) is 5.76. The van der Waals surface area contributed by atoms with Gasteiger partial charge in [-0.15, -0.1) is 0 Å². The number of fused-ring (bicyclic) bond motifs is 1. The summed E-state index contributed by atoms with van der Waals surface area (Å²) in [4.78, 5) is 32.9. The Morgan fingerprint density at radius 3 is 2.62 bits per heavy atom. The van der Waals surface area contributed by atoms with E-state index in [1.807, 2.05) is 18.2 Å². The second-order valence-corrected chi connectivity index (χ2v) is 9.05. The van der Waals surface area contributed by atoms with Gasteiger partial charge in [0.05, 0.1) is 20.8 Å². The highest BCUT2D eigenvalue weighted by Crippen LogP contribution is 2.29. The summed E-state index contributed by atoms with van der Waals surface area (Å²) in [6.07, 6.45) is 4.14. The molecule has 2 aromatic heterocycles. The predicted molar refractivity (Wildman–Crippen MR) is 142 cm³/mol. The fourth-order valence-corrected chi connectivity index (χ4v) is 4.37. The van der Waals surface area contributed by atoms with Gasteiger partial charge in [-0.1, -0.05) is 29.3 Å². The Balaban J connectivity index is 1.46. The summed E-state index contributed by atoms with van der Waals surface area (Å²) in [5.41, 5.74) is 2.83. The van der Waals surface area contributed by atoms with Gasteiger partial charge in [0.15, 0.2) is 11.5 Å². The molecule has 0 aliphatic heterocycles. The molecule has 10 heteroatoms. The lowest BCUT2D eigenvalue weighted by atomic mass is 10.1. The van der Waals surface area contributed by atoms with E-state index in [0.717, 1.165) is 22.2 Å². The standard InChI is InChI=1S/C27H25Cl2N3O5/c1-35-24-6-4-17(12-25(24)37-10-8-16-3-5-19(28)13-21(16)29)26(33)32-23(27(34)36-2)14-20-11-18-15-30-9-7-22(18)31-20/h3-7,9,11-13,15,23,31H,8,10,14H2,1-2H3,(H,32,33). The molecule has 0 bridgehead atoms. The van der Waals surface area contributed by atoms with Crippen molar-refractivity contribution in [3.63, 3.8) is 0 Å². The van der Waals surface area contributed by atoms with Crippen molar-refractivity contribution in [2.75, 3.05) is 20.8 Å². The molecule has 4 rings (SSSR count). The number of halogens is 2. The van der Waals surface area contributed by atoms with E-state index in [2.05, 4.69) is 15.3 Å². The van der Waals surface area contributed by atoms with Crippen molar-refractivity contribution in [1.82, 2.24) is 15.3 Å². The number of carbonyl (C=O) groups is 2. The molecule has 2 aromatic carbocycles. The third kappa shape index (κ3) is 6.53. The molecular weight excluding hydrogens is 517 g/mol. The molecule has 1 unspecified atom stereocenters. The molecule has 1 atom stereocenters. The number of H-pyrrole nitrogens is 1. The lowest BCUT2D eigenvalue weighted by Gasteiger charge is -2.17. The van der Waals surface area contributed by atoms with Crippen LogP contribution in [0.4, 0.5) is 0 Å². The molecule has 0 aliphatic carbocycles. The number of esters is 1. The van der Waals surface area contributed by atoms with Crippen molar-refractivity contribution in [1.29, 1.82) is 0 Å². The van der Waals surface area contributed by atoms with Crippen LogP contribution >= 0.6 is 23.2 Å². The van der Waals surface area contributed by atoms with Gasteiger partial charge in [-0.3, -0.25) is 9.78 Å². The molecule has 0 saturated heterocycles. The van der Waals surface area contributed by atoms with Crippen molar-refractivity contribution < 1.29 is 23.8 Å². The first kappa shape index (κ1) is 26.3. The van der Waals surface area contributed by atoms with Gasteiger partial charge in [-0.05, 0) is 48.0 Å². The number of methoxy groups -OCH3 is 2. The highest BCUT2D eigenvalue weighted by atomic mass is 35.5. The first-order chi connectivity index (χ1) is 17.9. The number of nitrogens with one attached hydrogen (secondary N) is 2. The van der Waals surface area contributed by atoms with Crippen LogP contribution in [0, 0.1) is 0 Å². The highest BCUT2D eigenvalue weighted by Gasteiger charge is 2.24. The van der Waals surface area contributed by atoms with Crippen LogP contribution in [0.5, 0.6) is 11.5 Å². The van der Waals surface area contributed by atoms with Gasteiger partial charge in [0.1, 0.15) is 6.04 Å². The zero-order valence-corrected chi connectivity index (χ0v) is 21.7. The fraction of sp³-hybridized carbons (Fsp3) is 0.222. The number of amides is 1. The zero-order chi connectivity index (χ0) is 26.4. The van der Waals surface area contributed by atoms with Gasteiger partial charge in [0.25, 0.3) is 5.91 Å². The van der Waals surface area contributed by atoms with Crippen molar-refractivity contribution in [3.8, 4) is 11.5 Å². The van der Waals surface area contributed by atoms with E-state index in [9.17, 15) is 9.59 Å². The number of nitrogens with zero attached hydrogens (tertiary/aromatic N) is 1. The SMILES string of the molecule is COC(=O)C(Cc1cc2cnccc2[nH]1)NC(=O)c1ccc(OC)c(OCCc2ccc(Cl)cc2Cl)c1. The molecule has 37 heavy (non-hydrogen) atoms. The van der Waals surface area contributed by atoms with Crippen LogP contribution in [0.3, 0.4) is 0 Å². The van der Waals surface area contributed by atoms with E-state index >= 15 is 0 Å². The number of rotatable bonds is 10. The maximum atomic E-state index is 13.1. The van der Waals surface area contributed by atoms with Crippen LogP contribution in [0.15, 0.2) is 60.9 Å². The van der Waals surface area contributed by atoms with E-state index in [-0.39, 0.29) is 6.42 Å². The lowest BCUT2D eigenvalue weighted by molar-refractivity contribution is -0.142. The quantitative estimate of drug-likeness (QED) is 0.273. The predicted octanol–water partition coefficient (Wildman–Crippen LogP) is 5.01. The largest absolute Gasteiger partial charge is 0.493 e. The van der Waals surface area contributed by atoms with E-state index in [4.69, 9.17) is 37.4 Å². The Hall–Kier alpha value is -3.75. The van der Waals surface area contributed by atoms with E-state index in [1.54, 1.807) is 42.7 Å². The summed E-state index contributed by atoms with van der Waals surface area (Å²) in [5.74, 6) is -0.163. The molecule has 2 N–H and O–H groups in total. The number of hydrogen-bond donors (Lipinski definition) is 2. The monoisotopic (exact) mass is 541 g/mol. The molecule has 0 saturated carbocycles. The van der Waals surface area contributed by atoms with Crippen molar-refractivity contribution >= 4 is 46.0 Å². The lowest BCUT2D eigenvalue weighted by Crippen LogP contribution is -2.43. The average Bonchev–Trinajstić information content (AvgIpc) is 3.31. The minimum absolute atomic E-state index is 0.217. The first-order valence-electron chi connectivity index (χ1n) is 11.4. The van der Waals surface area contributed by atoms with Gasteiger partial charge < -0.3 is 24.5 Å². The van der Waals surface area contributed by atoms with Crippen molar-refractivity contribution in [2.24, 2.45) is 0 Å². The molecule has 0 aliphatic rings. The maximum Gasteiger partial charge on any atom is 0.328 e. The second-order valence-electron chi connectivity index (χ2n) is 8.21. The number of carbonyl (C=O) groups excluding carboxylic acids is 2. The minimum atomic E-state index is -0.906. The third-order valence-corrected chi connectivity index (χ3v) is 6.35. The zero-order valence-electron chi connectivity index (χ0n) is 20.2. The van der Waals surface area contributed by atoms with Gasteiger partial charge in [-0.2, -0.15) is 0 Å². The Labute approximate surface area is 223 Å². The summed E-state index contributed by atoms with van der Waals surface area (Å²) in [7, 11) is 2.80. The fourth-order valence-electron chi connectivity index (χ4n) is 3.87. The summed E-state index contributed by atoms with van der Waals surface area (Å²) < 4.78 is 16.2. The Bertz CT molecular complexity index is 1390. The number of hydrogen-bond acceptors (Lipinski definition) is 6. The Morgan fingerprint density at radius 2 is 1.89 bits per heavy atom. The van der Waals surface area contributed by atoms with Gasteiger partial charge in [0.2, 0.25) is 0 Å².